The van der Waals surface area contributed by atoms with E-state index in [4.69, 9.17) is 4.74 Å². The lowest BCUT2D eigenvalue weighted by molar-refractivity contribution is -0.154. The summed E-state index contributed by atoms with van der Waals surface area (Å²) < 4.78 is 7.24. The molecule has 0 N–H and O–H groups in total. The van der Waals surface area contributed by atoms with Crippen LogP contribution in [0.3, 0.4) is 0 Å². The van der Waals surface area contributed by atoms with Crippen molar-refractivity contribution in [3.05, 3.63) is 36.9 Å². The molecular weight excluding hydrogens is 266 g/mol. The van der Waals surface area contributed by atoms with Crippen LogP contribution < -0.4 is 0 Å². The zero-order valence-electron chi connectivity index (χ0n) is 12.7. The third-order valence-corrected chi connectivity index (χ3v) is 2.78. The summed E-state index contributed by atoms with van der Waals surface area (Å²) in [4.78, 5) is 20.2. The van der Waals surface area contributed by atoms with E-state index in [-0.39, 0.29) is 5.97 Å². The number of ether oxygens (including phenoxy) is 1. The number of rotatable bonds is 5. The van der Waals surface area contributed by atoms with E-state index in [0.29, 0.717) is 6.42 Å². The second-order valence-electron chi connectivity index (χ2n) is 5.90. The smallest absolute Gasteiger partial charge is 0.306 e. The molecule has 2 aromatic heterocycles. The number of hydrogen-bond acceptors (Lipinski definition) is 4. The Labute approximate surface area is 125 Å². The molecule has 0 aromatic carbocycles. The monoisotopic (exact) mass is 287 g/mol. The molecule has 0 amide bonds. The summed E-state index contributed by atoms with van der Waals surface area (Å²) in [7, 11) is 0. The molecule has 0 radical (unpaired) electrons. The zero-order valence-corrected chi connectivity index (χ0v) is 12.7. The third kappa shape index (κ3) is 5.02. The molecule has 2 aromatic rings. The van der Waals surface area contributed by atoms with Gasteiger partial charge in [-0.1, -0.05) is 6.07 Å². The van der Waals surface area contributed by atoms with Crippen LogP contribution in [0.2, 0.25) is 0 Å². The molecule has 0 atom stereocenters. The molecule has 0 bridgehead atoms. The van der Waals surface area contributed by atoms with Gasteiger partial charge in [0.05, 0.1) is 12.0 Å². The molecule has 0 saturated heterocycles. The lowest BCUT2D eigenvalue weighted by atomic mass is 10.2. The van der Waals surface area contributed by atoms with Crippen LogP contribution in [0.4, 0.5) is 0 Å². The van der Waals surface area contributed by atoms with Gasteiger partial charge in [-0.15, -0.1) is 0 Å². The fourth-order valence-corrected chi connectivity index (χ4v) is 1.93. The Kier molecular flexibility index (Phi) is 4.73. The van der Waals surface area contributed by atoms with Crippen molar-refractivity contribution in [2.24, 2.45) is 0 Å². The fraction of sp³-hybridized carbons (Fsp3) is 0.438. The van der Waals surface area contributed by atoms with Crippen molar-refractivity contribution in [3.8, 4) is 11.4 Å². The highest BCUT2D eigenvalue weighted by Crippen LogP contribution is 2.14. The van der Waals surface area contributed by atoms with E-state index < -0.39 is 5.60 Å². The van der Waals surface area contributed by atoms with Gasteiger partial charge in [-0.05, 0) is 39.3 Å². The summed E-state index contributed by atoms with van der Waals surface area (Å²) in [5.74, 6) is -0.160. The number of pyridine rings is 1. The number of esters is 1. The summed E-state index contributed by atoms with van der Waals surface area (Å²) in [5, 5.41) is 0. The predicted octanol–water partition coefficient (Wildman–Crippen LogP) is 3.07. The summed E-state index contributed by atoms with van der Waals surface area (Å²) >= 11 is 0. The Balaban J connectivity index is 1.83. The van der Waals surface area contributed by atoms with Crippen molar-refractivity contribution in [3.63, 3.8) is 0 Å². The Morgan fingerprint density at radius 1 is 1.24 bits per heavy atom. The van der Waals surface area contributed by atoms with Crippen LogP contribution >= 0.6 is 0 Å². The SMILES string of the molecule is CC(C)(C)OC(=O)CCCn1cnc(-c2ccccn2)c1. The minimum absolute atomic E-state index is 0.160. The van der Waals surface area contributed by atoms with Crippen LogP contribution in [-0.2, 0) is 16.1 Å². The molecule has 0 aliphatic heterocycles. The van der Waals surface area contributed by atoms with Gasteiger partial charge < -0.3 is 9.30 Å². The van der Waals surface area contributed by atoms with E-state index in [0.717, 1.165) is 24.4 Å². The molecule has 0 aliphatic carbocycles. The second-order valence-corrected chi connectivity index (χ2v) is 5.90. The number of carbonyl (C=O) groups is 1. The molecule has 21 heavy (non-hydrogen) atoms. The minimum Gasteiger partial charge on any atom is -0.460 e. The van der Waals surface area contributed by atoms with E-state index in [9.17, 15) is 4.79 Å². The van der Waals surface area contributed by atoms with E-state index >= 15 is 0 Å². The lowest BCUT2D eigenvalue weighted by Crippen LogP contribution is -2.23. The standard InChI is InChI=1S/C16H21N3O2/c1-16(2,3)21-15(20)8-6-10-19-11-14(18-12-19)13-7-4-5-9-17-13/h4-5,7,9,11-12H,6,8,10H2,1-3H3. The van der Waals surface area contributed by atoms with Crippen molar-refractivity contribution in [2.45, 2.75) is 45.8 Å². The second kappa shape index (κ2) is 6.52. The lowest BCUT2D eigenvalue weighted by Gasteiger charge is -2.19. The number of carbonyl (C=O) groups excluding carboxylic acids is 1. The number of imidazole rings is 1. The molecule has 0 unspecified atom stereocenters. The van der Waals surface area contributed by atoms with Crippen LogP contribution in [-0.4, -0.2) is 26.1 Å². The molecule has 112 valence electrons. The predicted molar refractivity (Wildman–Crippen MR) is 80.5 cm³/mol. The first-order valence-electron chi connectivity index (χ1n) is 7.09. The molecule has 5 heteroatoms. The van der Waals surface area contributed by atoms with Gasteiger partial charge in [-0.2, -0.15) is 0 Å². The molecule has 0 aliphatic rings. The number of aromatic nitrogens is 3. The topological polar surface area (TPSA) is 57.0 Å². The first-order valence-corrected chi connectivity index (χ1v) is 7.09. The van der Waals surface area contributed by atoms with Gasteiger partial charge in [0, 0.05) is 25.4 Å². The van der Waals surface area contributed by atoms with Gasteiger partial charge in [-0.25, -0.2) is 4.98 Å². The average molecular weight is 287 g/mol. The highest BCUT2D eigenvalue weighted by Gasteiger charge is 2.15. The Hall–Kier alpha value is -2.17. The van der Waals surface area contributed by atoms with Crippen molar-refractivity contribution in [2.75, 3.05) is 0 Å². The summed E-state index contributed by atoms with van der Waals surface area (Å²) in [6, 6.07) is 5.73. The van der Waals surface area contributed by atoms with Gasteiger partial charge in [0.2, 0.25) is 0 Å². The molecule has 0 fully saturated rings. The van der Waals surface area contributed by atoms with Crippen molar-refractivity contribution < 1.29 is 9.53 Å². The first-order chi connectivity index (χ1) is 9.94. The molecule has 5 nitrogen and oxygen atoms in total. The van der Waals surface area contributed by atoms with Crippen LogP contribution in [0, 0.1) is 0 Å². The maximum atomic E-state index is 11.6. The van der Waals surface area contributed by atoms with E-state index in [1.807, 2.05) is 49.7 Å². The highest BCUT2D eigenvalue weighted by atomic mass is 16.6. The first kappa shape index (κ1) is 15.2. The summed E-state index contributed by atoms with van der Waals surface area (Å²) in [6.45, 7) is 6.36. The molecular formula is C16H21N3O2. The maximum absolute atomic E-state index is 11.6. The largest absolute Gasteiger partial charge is 0.460 e. The summed E-state index contributed by atoms with van der Waals surface area (Å²) in [6.07, 6.45) is 6.59. The Morgan fingerprint density at radius 2 is 2.05 bits per heavy atom. The Morgan fingerprint density at radius 3 is 2.71 bits per heavy atom. The summed E-state index contributed by atoms with van der Waals surface area (Å²) in [5.41, 5.74) is 1.27. The van der Waals surface area contributed by atoms with Crippen LogP contribution in [0.5, 0.6) is 0 Å². The van der Waals surface area contributed by atoms with Gasteiger partial charge in [0.25, 0.3) is 0 Å². The molecule has 2 rings (SSSR count). The number of nitrogens with zero attached hydrogens (tertiary/aromatic N) is 3. The van der Waals surface area contributed by atoms with Gasteiger partial charge >= 0.3 is 5.97 Å². The van der Waals surface area contributed by atoms with Crippen LogP contribution in [0.1, 0.15) is 33.6 Å². The molecule has 0 saturated carbocycles. The molecule has 2 heterocycles. The average Bonchev–Trinajstić information content (AvgIpc) is 2.86. The van der Waals surface area contributed by atoms with Crippen molar-refractivity contribution >= 4 is 5.97 Å². The van der Waals surface area contributed by atoms with Gasteiger partial charge in [-0.3, -0.25) is 9.78 Å². The number of hydrogen-bond donors (Lipinski definition) is 0. The van der Waals surface area contributed by atoms with Gasteiger partial charge in [0.15, 0.2) is 0 Å². The minimum atomic E-state index is -0.418. The third-order valence-electron chi connectivity index (χ3n) is 2.78. The fourth-order valence-electron chi connectivity index (χ4n) is 1.93. The maximum Gasteiger partial charge on any atom is 0.306 e. The van der Waals surface area contributed by atoms with Crippen LogP contribution in [0.25, 0.3) is 11.4 Å². The zero-order chi connectivity index (χ0) is 15.3. The number of aryl methyl sites for hydroxylation is 1. The van der Waals surface area contributed by atoms with Crippen molar-refractivity contribution in [1.29, 1.82) is 0 Å². The van der Waals surface area contributed by atoms with E-state index in [1.165, 1.54) is 0 Å². The van der Waals surface area contributed by atoms with Crippen molar-refractivity contribution in [1.82, 2.24) is 14.5 Å². The quantitative estimate of drug-likeness (QED) is 0.793. The van der Waals surface area contributed by atoms with Gasteiger partial charge in [0.1, 0.15) is 11.3 Å². The highest BCUT2D eigenvalue weighted by molar-refractivity contribution is 5.69. The van der Waals surface area contributed by atoms with Crippen LogP contribution in [0.15, 0.2) is 36.9 Å². The van der Waals surface area contributed by atoms with E-state index in [1.54, 1.807) is 12.5 Å². The Bertz CT molecular complexity index is 585. The normalized spacial score (nSPS) is 11.4. The van der Waals surface area contributed by atoms with E-state index in [2.05, 4.69) is 9.97 Å². The molecule has 0 spiro atoms.